The van der Waals surface area contributed by atoms with Crippen LogP contribution in [-0.2, 0) is 0 Å². The first-order chi connectivity index (χ1) is 12.3. The number of hydrogen-bond donors (Lipinski definition) is 1. The molecule has 2 aromatic heterocycles. The predicted octanol–water partition coefficient (Wildman–Crippen LogP) is 4.34. The maximum atomic E-state index is 8.93. The highest BCUT2D eigenvalue weighted by atomic mass is 32.2. The molecule has 0 spiro atoms. The average molecular weight is 345 g/mol. The third-order valence-electron chi connectivity index (χ3n) is 3.99. The fraction of sp³-hybridized carbons (Fsp3) is 0.105. The van der Waals surface area contributed by atoms with E-state index in [1.165, 1.54) is 11.8 Å². The molecule has 4 rings (SSSR count). The second-order valence-corrected chi connectivity index (χ2v) is 6.62. The Kier molecular flexibility index (Phi) is 4.00. The highest BCUT2D eigenvalue weighted by Crippen LogP contribution is 2.32. The quantitative estimate of drug-likeness (QED) is 0.559. The molecule has 0 amide bonds. The third kappa shape index (κ3) is 2.79. The van der Waals surface area contributed by atoms with Crippen LogP contribution in [0.2, 0.25) is 0 Å². The SMILES string of the molecule is Cc1cccc(-n2c(SCC#N)nnc2-c2c[nH]c3ccccc23)c1. The van der Waals surface area contributed by atoms with Gasteiger partial charge in [0.25, 0.3) is 0 Å². The molecule has 0 radical (unpaired) electrons. The molecule has 6 heteroatoms. The minimum Gasteiger partial charge on any atom is -0.360 e. The van der Waals surface area contributed by atoms with Gasteiger partial charge in [-0.2, -0.15) is 5.26 Å². The number of para-hydroxylation sites is 1. The molecule has 0 saturated carbocycles. The van der Waals surface area contributed by atoms with Crippen LogP contribution in [-0.4, -0.2) is 25.5 Å². The Morgan fingerprint density at radius 2 is 2.04 bits per heavy atom. The van der Waals surface area contributed by atoms with Crippen LogP contribution >= 0.6 is 11.8 Å². The smallest absolute Gasteiger partial charge is 0.197 e. The minimum atomic E-state index is 0.331. The maximum Gasteiger partial charge on any atom is 0.197 e. The molecule has 0 saturated heterocycles. The number of aromatic nitrogens is 4. The number of aromatic amines is 1. The average Bonchev–Trinajstić information content (AvgIpc) is 3.23. The zero-order chi connectivity index (χ0) is 17.2. The summed E-state index contributed by atoms with van der Waals surface area (Å²) in [6.45, 7) is 2.06. The first-order valence-corrected chi connectivity index (χ1v) is 8.85. The van der Waals surface area contributed by atoms with E-state index in [1.807, 2.05) is 41.1 Å². The van der Waals surface area contributed by atoms with E-state index >= 15 is 0 Å². The first-order valence-electron chi connectivity index (χ1n) is 7.86. The monoisotopic (exact) mass is 345 g/mol. The van der Waals surface area contributed by atoms with Crippen LogP contribution in [0, 0.1) is 18.3 Å². The number of hydrogen-bond acceptors (Lipinski definition) is 4. The van der Waals surface area contributed by atoms with Crippen molar-refractivity contribution in [2.24, 2.45) is 0 Å². The van der Waals surface area contributed by atoms with E-state index in [2.05, 4.69) is 46.4 Å². The van der Waals surface area contributed by atoms with Gasteiger partial charge in [-0.25, -0.2) is 0 Å². The van der Waals surface area contributed by atoms with Gasteiger partial charge >= 0.3 is 0 Å². The predicted molar refractivity (Wildman–Crippen MR) is 99.7 cm³/mol. The summed E-state index contributed by atoms with van der Waals surface area (Å²) in [5.41, 5.74) is 4.20. The van der Waals surface area contributed by atoms with Gasteiger partial charge in [0.05, 0.1) is 11.8 Å². The summed E-state index contributed by atoms with van der Waals surface area (Å²) in [6, 6.07) is 18.5. The van der Waals surface area contributed by atoms with Crippen LogP contribution in [0.15, 0.2) is 59.9 Å². The molecule has 0 aliphatic rings. The number of thioether (sulfide) groups is 1. The molecular weight excluding hydrogens is 330 g/mol. The summed E-state index contributed by atoms with van der Waals surface area (Å²) in [6.07, 6.45) is 1.96. The van der Waals surface area contributed by atoms with Crippen molar-refractivity contribution in [3.8, 4) is 23.1 Å². The van der Waals surface area contributed by atoms with E-state index in [1.54, 1.807) is 0 Å². The van der Waals surface area contributed by atoms with Gasteiger partial charge in [0.15, 0.2) is 11.0 Å². The molecule has 122 valence electrons. The first kappa shape index (κ1) is 15.5. The fourth-order valence-electron chi connectivity index (χ4n) is 2.89. The van der Waals surface area contributed by atoms with E-state index in [9.17, 15) is 0 Å². The zero-order valence-electron chi connectivity index (χ0n) is 13.6. The molecule has 1 N–H and O–H groups in total. The summed E-state index contributed by atoms with van der Waals surface area (Å²) in [4.78, 5) is 3.29. The highest BCUT2D eigenvalue weighted by molar-refractivity contribution is 7.99. The van der Waals surface area contributed by atoms with Gasteiger partial charge in [0.1, 0.15) is 0 Å². The lowest BCUT2D eigenvalue weighted by atomic mass is 10.1. The van der Waals surface area contributed by atoms with Gasteiger partial charge < -0.3 is 4.98 Å². The molecule has 25 heavy (non-hydrogen) atoms. The van der Waals surface area contributed by atoms with Crippen LogP contribution < -0.4 is 0 Å². The van der Waals surface area contributed by atoms with Crippen LogP contribution in [0.4, 0.5) is 0 Å². The fourth-order valence-corrected chi connectivity index (χ4v) is 3.50. The Morgan fingerprint density at radius 3 is 2.88 bits per heavy atom. The number of benzene rings is 2. The van der Waals surface area contributed by atoms with Gasteiger partial charge in [-0.1, -0.05) is 42.1 Å². The largest absolute Gasteiger partial charge is 0.360 e. The lowest BCUT2D eigenvalue weighted by molar-refractivity contribution is 0.887. The van der Waals surface area contributed by atoms with Crippen molar-refractivity contribution in [1.82, 2.24) is 19.7 Å². The molecule has 0 fully saturated rings. The van der Waals surface area contributed by atoms with Gasteiger partial charge in [-0.3, -0.25) is 4.57 Å². The summed E-state index contributed by atoms with van der Waals surface area (Å²) in [5.74, 6) is 1.10. The second-order valence-electron chi connectivity index (χ2n) is 5.68. The topological polar surface area (TPSA) is 70.3 Å². The lowest BCUT2D eigenvalue weighted by Crippen LogP contribution is -2.00. The van der Waals surface area contributed by atoms with Crippen LogP contribution in [0.1, 0.15) is 5.56 Å². The standard InChI is InChI=1S/C19H15N5S/c1-13-5-4-6-14(11-13)24-18(22-23-19(24)25-10-9-20)16-12-21-17-8-3-2-7-15(16)17/h2-8,11-12,21H,10H2,1H3. The summed E-state index contributed by atoms with van der Waals surface area (Å²) in [5, 5.41) is 19.5. The lowest BCUT2D eigenvalue weighted by Gasteiger charge is -2.10. The third-order valence-corrected chi connectivity index (χ3v) is 4.79. The normalized spacial score (nSPS) is 10.9. The van der Waals surface area contributed by atoms with Gasteiger partial charge in [-0.05, 0) is 30.7 Å². The van der Waals surface area contributed by atoms with Crippen molar-refractivity contribution in [2.75, 3.05) is 5.75 Å². The van der Waals surface area contributed by atoms with Crippen molar-refractivity contribution in [2.45, 2.75) is 12.1 Å². The summed E-state index contributed by atoms with van der Waals surface area (Å²) >= 11 is 1.39. The number of rotatable bonds is 4. The minimum absolute atomic E-state index is 0.331. The number of aryl methyl sites for hydroxylation is 1. The molecule has 0 aliphatic carbocycles. The highest BCUT2D eigenvalue weighted by Gasteiger charge is 2.18. The molecule has 2 aromatic carbocycles. The van der Waals surface area contributed by atoms with Crippen LogP contribution in [0.3, 0.4) is 0 Å². The number of nitrogens with one attached hydrogen (secondary N) is 1. The van der Waals surface area contributed by atoms with E-state index in [-0.39, 0.29) is 0 Å². The molecule has 0 bridgehead atoms. The Labute approximate surface area is 149 Å². The van der Waals surface area contributed by atoms with Crippen molar-refractivity contribution >= 4 is 22.7 Å². The number of nitriles is 1. The summed E-state index contributed by atoms with van der Waals surface area (Å²) < 4.78 is 2.02. The van der Waals surface area contributed by atoms with Gasteiger partial charge in [-0.15, -0.1) is 10.2 Å². The van der Waals surface area contributed by atoms with Crippen molar-refractivity contribution < 1.29 is 0 Å². The van der Waals surface area contributed by atoms with Gasteiger partial charge in [0.2, 0.25) is 0 Å². The molecule has 4 aromatic rings. The van der Waals surface area contributed by atoms with Crippen molar-refractivity contribution in [1.29, 1.82) is 5.26 Å². The van der Waals surface area contributed by atoms with Crippen molar-refractivity contribution in [3.05, 3.63) is 60.3 Å². The maximum absolute atomic E-state index is 8.93. The molecule has 2 heterocycles. The Morgan fingerprint density at radius 1 is 1.16 bits per heavy atom. The second kappa shape index (κ2) is 6.46. The molecule has 0 aliphatic heterocycles. The number of fused-ring (bicyclic) bond motifs is 1. The van der Waals surface area contributed by atoms with Crippen LogP contribution in [0.5, 0.6) is 0 Å². The zero-order valence-corrected chi connectivity index (χ0v) is 14.4. The summed E-state index contributed by atoms with van der Waals surface area (Å²) in [7, 11) is 0. The number of nitrogens with zero attached hydrogens (tertiary/aromatic N) is 4. The molecule has 0 atom stereocenters. The van der Waals surface area contributed by atoms with E-state index in [4.69, 9.17) is 5.26 Å². The Hall–Kier alpha value is -3.04. The van der Waals surface area contributed by atoms with Crippen LogP contribution in [0.25, 0.3) is 28.0 Å². The molecule has 0 unspecified atom stereocenters. The Bertz CT molecular complexity index is 1090. The Balaban J connectivity index is 1.94. The van der Waals surface area contributed by atoms with Gasteiger partial charge in [0, 0.05) is 28.4 Å². The van der Waals surface area contributed by atoms with E-state index < -0.39 is 0 Å². The van der Waals surface area contributed by atoms with E-state index in [0.29, 0.717) is 10.9 Å². The van der Waals surface area contributed by atoms with Crippen molar-refractivity contribution in [3.63, 3.8) is 0 Å². The molecular formula is C19H15N5S. The number of H-pyrrole nitrogens is 1. The molecule has 5 nitrogen and oxygen atoms in total. The van der Waals surface area contributed by atoms with E-state index in [0.717, 1.165) is 33.5 Å².